The van der Waals surface area contributed by atoms with Gasteiger partial charge in [-0.3, -0.25) is 4.98 Å². The maximum Gasteiger partial charge on any atom is 0.0794 e. The van der Waals surface area contributed by atoms with Gasteiger partial charge in [0.15, 0.2) is 0 Å². The van der Waals surface area contributed by atoms with Crippen molar-refractivity contribution in [3.63, 3.8) is 0 Å². The van der Waals surface area contributed by atoms with E-state index in [2.05, 4.69) is 11.9 Å². The lowest BCUT2D eigenvalue weighted by atomic mass is 9.84. The molecule has 3 heteroatoms. The predicted molar refractivity (Wildman–Crippen MR) is 55.9 cm³/mol. The number of hydrogen-bond acceptors (Lipinski definition) is 3. The highest BCUT2D eigenvalue weighted by atomic mass is 32.1. The normalized spacial score (nSPS) is 23.2. The minimum atomic E-state index is 0.0481. The Hall–Kier alpha value is -0.410. The number of nitrogens with zero attached hydrogens (tertiary/aromatic N) is 1. The van der Waals surface area contributed by atoms with E-state index in [4.69, 9.17) is 5.73 Å². The SMILES string of the molecule is CC(c1cncs1)C1(N)CCCC1. The molecule has 1 unspecified atom stereocenters. The molecule has 0 amide bonds. The van der Waals surface area contributed by atoms with Crippen molar-refractivity contribution in [2.75, 3.05) is 0 Å². The summed E-state index contributed by atoms with van der Waals surface area (Å²) in [5.74, 6) is 0.475. The predicted octanol–water partition coefficient (Wildman–Crippen LogP) is 2.52. The standard InChI is InChI=1S/C10H16N2S/c1-8(9-6-12-7-13-9)10(11)4-2-3-5-10/h6-8H,2-5,11H2,1H3. The van der Waals surface area contributed by atoms with E-state index >= 15 is 0 Å². The largest absolute Gasteiger partial charge is 0.325 e. The Kier molecular flexibility index (Phi) is 2.39. The van der Waals surface area contributed by atoms with Crippen LogP contribution in [0.3, 0.4) is 0 Å². The lowest BCUT2D eigenvalue weighted by molar-refractivity contribution is 0.374. The molecule has 13 heavy (non-hydrogen) atoms. The highest BCUT2D eigenvalue weighted by molar-refractivity contribution is 7.09. The first kappa shape index (κ1) is 9.16. The zero-order valence-corrected chi connectivity index (χ0v) is 8.81. The molecule has 2 rings (SSSR count). The minimum absolute atomic E-state index is 0.0481. The average Bonchev–Trinajstić information content (AvgIpc) is 2.73. The summed E-state index contributed by atoms with van der Waals surface area (Å²) in [4.78, 5) is 5.45. The molecule has 1 heterocycles. The Morgan fingerprint density at radius 3 is 2.77 bits per heavy atom. The van der Waals surface area contributed by atoms with Crippen molar-refractivity contribution in [1.82, 2.24) is 4.98 Å². The van der Waals surface area contributed by atoms with Gasteiger partial charge in [-0.15, -0.1) is 11.3 Å². The Morgan fingerprint density at radius 2 is 2.23 bits per heavy atom. The second kappa shape index (κ2) is 3.39. The molecule has 0 spiro atoms. The van der Waals surface area contributed by atoms with Gasteiger partial charge in [0.25, 0.3) is 0 Å². The molecule has 1 aliphatic rings. The van der Waals surface area contributed by atoms with Crippen molar-refractivity contribution < 1.29 is 0 Å². The monoisotopic (exact) mass is 196 g/mol. The lowest BCUT2D eigenvalue weighted by Gasteiger charge is -2.30. The number of thiazole rings is 1. The molecular formula is C10H16N2S. The summed E-state index contributed by atoms with van der Waals surface area (Å²) in [6, 6.07) is 0. The third-order valence-electron chi connectivity index (χ3n) is 3.28. The molecule has 0 aliphatic heterocycles. The van der Waals surface area contributed by atoms with E-state index in [9.17, 15) is 0 Å². The average molecular weight is 196 g/mol. The minimum Gasteiger partial charge on any atom is -0.325 e. The van der Waals surface area contributed by atoms with Gasteiger partial charge in [0, 0.05) is 22.5 Å². The quantitative estimate of drug-likeness (QED) is 0.789. The maximum atomic E-state index is 6.37. The van der Waals surface area contributed by atoms with Crippen LogP contribution in [0.5, 0.6) is 0 Å². The third kappa shape index (κ3) is 1.63. The second-order valence-corrected chi connectivity index (χ2v) is 4.98. The zero-order valence-electron chi connectivity index (χ0n) is 7.99. The highest BCUT2D eigenvalue weighted by Crippen LogP contribution is 2.39. The summed E-state index contributed by atoms with van der Waals surface area (Å²) < 4.78 is 0. The topological polar surface area (TPSA) is 38.9 Å². The summed E-state index contributed by atoms with van der Waals surface area (Å²) in [6.07, 6.45) is 6.89. The molecule has 1 aromatic rings. The van der Waals surface area contributed by atoms with Crippen molar-refractivity contribution in [1.29, 1.82) is 0 Å². The summed E-state index contributed by atoms with van der Waals surface area (Å²) in [6.45, 7) is 2.23. The van der Waals surface area contributed by atoms with E-state index in [0.717, 1.165) is 0 Å². The summed E-state index contributed by atoms with van der Waals surface area (Å²) in [5.41, 5.74) is 8.31. The number of nitrogens with two attached hydrogens (primary N) is 1. The van der Waals surface area contributed by atoms with Crippen molar-refractivity contribution in [3.8, 4) is 0 Å². The fourth-order valence-electron chi connectivity index (χ4n) is 2.19. The van der Waals surface area contributed by atoms with Crippen molar-refractivity contribution in [3.05, 3.63) is 16.6 Å². The van der Waals surface area contributed by atoms with Crippen LogP contribution in [0.2, 0.25) is 0 Å². The van der Waals surface area contributed by atoms with Gasteiger partial charge in [0.2, 0.25) is 0 Å². The third-order valence-corrected chi connectivity index (χ3v) is 4.23. The van der Waals surface area contributed by atoms with Gasteiger partial charge >= 0.3 is 0 Å². The molecular weight excluding hydrogens is 180 g/mol. The lowest BCUT2D eigenvalue weighted by Crippen LogP contribution is -2.41. The van der Waals surface area contributed by atoms with E-state index in [0.29, 0.717) is 5.92 Å². The van der Waals surface area contributed by atoms with Gasteiger partial charge in [0.05, 0.1) is 5.51 Å². The Labute approximate surface area is 83.2 Å². The fourth-order valence-corrected chi connectivity index (χ4v) is 2.99. The summed E-state index contributed by atoms with van der Waals surface area (Å²) in [5, 5.41) is 0. The van der Waals surface area contributed by atoms with Crippen LogP contribution >= 0.6 is 11.3 Å². The van der Waals surface area contributed by atoms with Crippen LogP contribution in [0.1, 0.15) is 43.4 Å². The fraction of sp³-hybridized carbons (Fsp3) is 0.700. The molecule has 0 bridgehead atoms. The van der Waals surface area contributed by atoms with Gasteiger partial charge in [-0.1, -0.05) is 19.8 Å². The number of hydrogen-bond donors (Lipinski definition) is 1. The van der Waals surface area contributed by atoms with Crippen LogP contribution in [0.25, 0.3) is 0 Å². The Bertz CT molecular complexity index is 262. The molecule has 0 saturated heterocycles. The van der Waals surface area contributed by atoms with Crippen LogP contribution in [0.4, 0.5) is 0 Å². The molecule has 1 aliphatic carbocycles. The van der Waals surface area contributed by atoms with Gasteiger partial charge in [-0.25, -0.2) is 0 Å². The Morgan fingerprint density at radius 1 is 1.54 bits per heavy atom. The van der Waals surface area contributed by atoms with Gasteiger partial charge in [-0.2, -0.15) is 0 Å². The molecule has 0 aromatic carbocycles. The van der Waals surface area contributed by atoms with Crippen molar-refractivity contribution >= 4 is 11.3 Å². The van der Waals surface area contributed by atoms with Crippen LogP contribution in [0.15, 0.2) is 11.7 Å². The molecule has 1 aromatic heterocycles. The first-order valence-electron chi connectivity index (χ1n) is 4.90. The second-order valence-electron chi connectivity index (χ2n) is 4.07. The van der Waals surface area contributed by atoms with E-state index in [1.54, 1.807) is 11.3 Å². The first-order valence-corrected chi connectivity index (χ1v) is 5.78. The van der Waals surface area contributed by atoms with Crippen LogP contribution in [-0.4, -0.2) is 10.5 Å². The highest BCUT2D eigenvalue weighted by Gasteiger charge is 2.36. The van der Waals surface area contributed by atoms with Crippen LogP contribution in [-0.2, 0) is 0 Å². The van der Waals surface area contributed by atoms with Crippen molar-refractivity contribution in [2.24, 2.45) is 5.73 Å². The van der Waals surface area contributed by atoms with E-state index in [1.807, 2.05) is 11.7 Å². The Balaban J connectivity index is 2.16. The molecule has 1 fully saturated rings. The van der Waals surface area contributed by atoms with Gasteiger partial charge in [0.1, 0.15) is 0 Å². The number of rotatable bonds is 2. The molecule has 0 radical (unpaired) electrons. The molecule has 72 valence electrons. The van der Waals surface area contributed by atoms with Crippen LogP contribution in [0, 0.1) is 0 Å². The van der Waals surface area contributed by atoms with E-state index in [1.165, 1.54) is 30.6 Å². The molecule has 2 nitrogen and oxygen atoms in total. The molecule has 2 N–H and O–H groups in total. The van der Waals surface area contributed by atoms with Gasteiger partial charge in [-0.05, 0) is 12.8 Å². The zero-order chi connectivity index (χ0) is 9.31. The van der Waals surface area contributed by atoms with E-state index in [-0.39, 0.29) is 5.54 Å². The molecule has 1 saturated carbocycles. The molecule has 1 atom stereocenters. The maximum absolute atomic E-state index is 6.37. The number of aromatic nitrogens is 1. The van der Waals surface area contributed by atoms with E-state index < -0.39 is 0 Å². The first-order chi connectivity index (χ1) is 6.22. The summed E-state index contributed by atoms with van der Waals surface area (Å²) in [7, 11) is 0. The van der Waals surface area contributed by atoms with Crippen molar-refractivity contribution in [2.45, 2.75) is 44.1 Å². The van der Waals surface area contributed by atoms with Crippen LogP contribution < -0.4 is 5.73 Å². The van der Waals surface area contributed by atoms with Gasteiger partial charge < -0.3 is 5.73 Å². The summed E-state index contributed by atoms with van der Waals surface area (Å²) >= 11 is 1.73. The smallest absolute Gasteiger partial charge is 0.0794 e.